The largest absolute Gasteiger partial charge is 0.390 e. The van der Waals surface area contributed by atoms with Crippen molar-refractivity contribution in [2.45, 2.75) is 109 Å². The van der Waals surface area contributed by atoms with Crippen molar-refractivity contribution in [2.75, 3.05) is 33.9 Å². The van der Waals surface area contributed by atoms with E-state index in [0.717, 1.165) is 6.54 Å². The molecule has 0 saturated carbocycles. The zero-order valence-electron chi connectivity index (χ0n) is 17.9. The summed E-state index contributed by atoms with van der Waals surface area (Å²) in [5, 5.41) is 19.1. The summed E-state index contributed by atoms with van der Waals surface area (Å²) in [7, 11) is 4.24. The van der Waals surface area contributed by atoms with Crippen LogP contribution in [0.4, 0.5) is 0 Å². The molecule has 0 bridgehead atoms. The van der Waals surface area contributed by atoms with Crippen molar-refractivity contribution in [1.29, 1.82) is 0 Å². The number of aliphatic hydroxyl groups excluding tert-OH is 2. The molecule has 152 valence electrons. The molecule has 0 heterocycles. The minimum absolute atomic E-state index is 0.0368. The highest BCUT2D eigenvalue weighted by Gasteiger charge is 2.39. The maximum Gasteiger partial charge on any atom is 0.142 e. The summed E-state index contributed by atoms with van der Waals surface area (Å²) < 4.78 is 0.693. The van der Waals surface area contributed by atoms with Gasteiger partial charge in [0, 0.05) is 0 Å². The van der Waals surface area contributed by atoms with E-state index < -0.39 is 5.54 Å². The van der Waals surface area contributed by atoms with Gasteiger partial charge >= 0.3 is 0 Å². The van der Waals surface area contributed by atoms with Crippen LogP contribution in [0.15, 0.2) is 0 Å². The van der Waals surface area contributed by atoms with Gasteiger partial charge in [-0.2, -0.15) is 0 Å². The molecule has 0 amide bonds. The summed E-state index contributed by atoms with van der Waals surface area (Å²) in [5.41, 5.74) is -0.434. The van der Waals surface area contributed by atoms with Crippen molar-refractivity contribution >= 4 is 0 Å². The van der Waals surface area contributed by atoms with E-state index in [1.54, 1.807) is 0 Å². The third-order valence-electron chi connectivity index (χ3n) is 6.21. The van der Waals surface area contributed by atoms with Gasteiger partial charge < -0.3 is 14.7 Å². The van der Waals surface area contributed by atoms with Gasteiger partial charge in [-0.15, -0.1) is 0 Å². The Morgan fingerprint density at radius 2 is 0.920 bits per heavy atom. The molecule has 0 aliphatic heterocycles. The van der Waals surface area contributed by atoms with Crippen molar-refractivity contribution in [1.82, 2.24) is 0 Å². The van der Waals surface area contributed by atoms with Crippen LogP contribution in [0.3, 0.4) is 0 Å². The first kappa shape index (κ1) is 24.9. The Labute approximate surface area is 158 Å². The fourth-order valence-corrected chi connectivity index (χ4v) is 3.40. The fraction of sp³-hybridized carbons (Fsp3) is 1.00. The van der Waals surface area contributed by atoms with Crippen molar-refractivity contribution in [3.63, 3.8) is 0 Å². The van der Waals surface area contributed by atoms with Crippen LogP contribution in [0.2, 0.25) is 0 Å². The van der Waals surface area contributed by atoms with Crippen LogP contribution in [-0.2, 0) is 0 Å². The van der Waals surface area contributed by atoms with Crippen LogP contribution in [0, 0.1) is 0 Å². The van der Waals surface area contributed by atoms with E-state index >= 15 is 0 Å². The molecule has 0 unspecified atom stereocenters. The Balaban J connectivity index is 3.44. The molecule has 0 aromatic rings. The van der Waals surface area contributed by atoms with Gasteiger partial charge in [0.1, 0.15) is 5.54 Å². The normalized spacial score (nSPS) is 12.7. The third-order valence-corrected chi connectivity index (χ3v) is 6.21. The Morgan fingerprint density at radius 1 is 0.600 bits per heavy atom. The molecular formula is C22H48NO2+. The second-order valence-corrected chi connectivity index (χ2v) is 8.82. The van der Waals surface area contributed by atoms with Crippen molar-refractivity contribution in [2.24, 2.45) is 0 Å². The van der Waals surface area contributed by atoms with Gasteiger partial charge in [0.05, 0.1) is 33.9 Å². The molecule has 0 aliphatic carbocycles. The van der Waals surface area contributed by atoms with Gasteiger partial charge in [-0.05, 0) is 19.8 Å². The summed E-state index contributed by atoms with van der Waals surface area (Å²) >= 11 is 0. The SMILES string of the molecule is CCCCCCCCCCCCCCCC[N+](C)(C)C(C)(CO)CO. The van der Waals surface area contributed by atoms with Crippen LogP contribution in [0.5, 0.6) is 0 Å². The maximum atomic E-state index is 9.56. The van der Waals surface area contributed by atoms with Crippen LogP contribution < -0.4 is 0 Å². The van der Waals surface area contributed by atoms with Crippen molar-refractivity contribution < 1.29 is 14.7 Å². The molecule has 0 radical (unpaired) electrons. The van der Waals surface area contributed by atoms with E-state index in [2.05, 4.69) is 21.0 Å². The molecule has 0 rings (SSSR count). The fourth-order valence-electron chi connectivity index (χ4n) is 3.40. The van der Waals surface area contributed by atoms with Gasteiger partial charge in [0.15, 0.2) is 0 Å². The van der Waals surface area contributed by atoms with Gasteiger partial charge in [-0.25, -0.2) is 0 Å². The first-order valence-corrected chi connectivity index (χ1v) is 11.0. The molecular weight excluding hydrogens is 310 g/mol. The van der Waals surface area contributed by atoms with Crippen LogP contribution >= 0.6 is 0 Å². The molecule has 0 aromatic heterocycles. The number of quaternary nitrogens is 1. The molecule has 0 fully saturated rings. The van der Waals surface area contributed by atoms with Crippen LogP contribution in [0.25, 0.3) is 0 Å². The molecule has 0 atom stereocenters. The lowest BCUT2D eigenvalue weighted by Gasteiger charge is -2.44. The van der Waals surface area contributed by atoms with Gasteiger partial charge in [0.2, 0.25) is 0 Å². The first-order valence-electron chi connectivity index (χ1n) is 11.0. The van der Waals surface area contributed by atoms with E-state index in [0.29, 0.717) is 4.48 Å². The summed E-state index contributed by atoms with van der Waals surface area (Å²) in [6, 6.07) is 0. The Kier molecular flexibility index (Phi) is 14.9. The number of unbranched alkanes of at least 4 members (excludes halogenated alkanes) is 13. The number of rotatable bonds is 18. The predicted molar refractivity (Wildman–Crippen MR) is 110 cm³/mol. The minimum atomic E-state index is -0.434. The highest BCUT2D eigenvalue weighted by atomic mass is 16.3. The Hall–Kier alpha value is -0.120. The molecule has 2 N–H and O–H groups in total. The van der Waals surface area contributed by atoms with Crippen molar-refractivity contribution in [3.05, 3.63) is 0 Å². The zero-order chi connectivity index (χ0) is 19.0. The van der Waals surface area contributed by atoms with Gasteiger partial charge in [0.25, 0.3) is 0 Å². The molecule has 3 heteroatoms. The second-order valence-electron chi connectivity index (χ2n) is 8.82. The number of nitrogens with zero attached hydrogens (tertiary/aromatic N) is 1. The minimum Gasteiger partial charge on any atom is -0.390 e. The number of aliphatic hydroxyl groups is 2. The smallest absolute Gasteiger partial charge is 0.142 e. The highest BCUT2D eigenvalue weighted by Crippen LogP contribution is 2.21. The number of hydrogen-bond acceptors (Lipinski definition) is 2. The lowest BCUT2D eigenvalue weighted by Crippen LogP contribution is -2.62. The predicted octanol–water partition coefficient (Wildman–Crippen LogP) is 5.29. The quantitative estimate of drug-likeness (QED) is 0.258. The van der Waals surface area contributed by atoms with E-state index in [4.69, 9.17) is 0 Å². The lowest BCUT2D eigenvalue weighted by atomic mass is 9.99. The van der Waals surface area contributed by atoms with Crippen molar-refractivity contribution in [3.8, 4) is 0 Å². The van der Waals surface area contributed by atoms with Crippen LogP contribution in [-0.4, -0.2) is 54.1 Å². The third kappa shape index (κ3) is 11.2. The zero-order valence-corrected chi connectivity index (χ0v) is 17.9. The van der Waals surface area contributed by atoms with E-state index in [1.165, 1.54) is 89.9 Å². The van der Waals surface area contributed by atoms with E-state index in [-0.39, 0.29) is 13.2 Å². The van der Waals surface area contributed by atoms with Gasteiger partial charge in [-0.1, -0.05) is 84.0 Å². The highest BCUT2D eigenvalue weighted by molar-refractivity contribution is 4.73. The Morgan fingerprint density at radius 3 is 1.24 bits per heavy atom. The summed E-state index contributed by atoms with van der Waals surface area (Å²) in [6.45, 7) is 5.35. The molecule has 3 nitrogen and oxygen atoms in total. The standard InChI is InChI=1S/C22H48NO2/c1-5-6-7-8-9-10-11-12-13-14-15-16-17-18-19-23(3,4)22(2,20-24)21-25/h24-25H,5-21H2,1-4H3/q+1. The second kappa shape index (κ2) is 15.0. The average Bonchev–Trinajstić information content (AvgIpc) is 2.61. The van der Waals surface area contributed by atoms with Gasteiger partial charge in [-0.3, -0.25) is 0 Å². The van der Waals surface area contributed by atoms with Crippen LogP contribution in [0.1, 0.15) is 104 Å². The topological polar surface area (TPSA) is 40.5 Å². The van der Waals surface area contributed by atoms with E-state index in [9.17, 15) is 10.2 Å². The summed E-state index contributed by atoms with van der Waals surface area (Å²) in [4.78, 5) is 0. The molecule has 0 aromatic carbocycles. The number of likely N-dealkylation sites (N-methyl/N-ethyl adjacent to an activating group) is 1. The summed E-state index contributed by atoms with van der Waals surface area (Å²) in [5.74, 6) is 0. The molecule has 0 spiro atoms. The summed E-state index contributed by atoms with van der Waals surface area (Å²) in [6.07, 6.45) is 19.3. The Bertz CT molecular complexity index is 288. The number of hydrogen-bond donors (Lipinski definition) is 2. The molecule has 0 aliphatic rings. The lowest BCUT2D eigenvalue weighted by molar-refractivity contribution is -0.941. The van der Waals surface area contributed by atoms with E-state index in [1.807, 2.05) is 6.92 Å². The molecule has 25 heavy (non-hydrogen) atoms. The first-order chi connectivity index (χ1) is 11.9. The average molecular weight is 359 g/mol. The monoisotopic (exact) mass is 358 g/mol. The molecule has 0 saturated heterocycles. The maximum absolute atomic E-state index is 9.56.